The Balaban J connectivity index is 0.00000353. The summed E-state index contributed by atoms with van der Waals surface area (Å²) < 4.78 is 22.0. The molecule has 1 aliphatic carbocycles. The van der Waals surface area contributed by atoms with E-state index < -0.39 is 23.3 Å². The largest absolute Gasteiger partial charge is 1.00 e. The Morgan fingerprint density at radius 3 is 2.38 bits per heavy atom. The van der Waals surface area contributed by atoms with E-state index in [1.807, 2.05) is 0 Å². The summed E-state index contributed by atoms with van der Waals surface area (Å²) in [6, 6.07) is 16.6. The van der Waals surface area contributed by atoms with Gasteiger partial charge in [-0.25, -0.2) is 9.18 Å². The number of anilines is 1. The van der Waals surface area contributed by atoms with Gasteiger partial charge < -0.3 is 14.6 Å². The number of aromatic nitrogens is 2. The molecule has 7 nitrogen and oxygen atoms in total. The number of hydrogen-bond acceptors (Lipinski definition) is 5. The Morgan fingerprint density at radius 2 is 1.74 bits per heavy atom. The molecule has 0 radical (unpaired) electrons. The zero-order valence-corrected chi connectivity index (χ0v) is 24.6. The van der Waals surface area contributed by atoms with Crippen LogP contribution in [0.3, 0.4) is 0 Å². The van der Waals surface area contributed by atoms with Gasteiger partial charge in [0, 0.05) is 44.8 Å². The first kappa shape index (κ1) is 29.1. The average molecular weight is 576 g/mol. The summed E-state index contributed by atoms with van der Waals surface area (Å²) in [7, 11) is 1.60. The predicted molar refractivity (Wildman–Crippen MR) is 140 cm³/mol. The van der Waals surface area contributed by atoms with Crippen LogP contribution in [0.2, 0.25) is 10.0 Å². The number of carboxylic acids is 1. The molecule has 1 aliphatic rings. The van der Waals surface area contributed by atoms with Gasteiger partial charge >= 0.3 is 35.7 Å². The Morgan fingerprint density at radius 1 is 1.05 bits per heavy atom. The molecule has 5 rings (SSSR count). The third kappa shape index (κ3) is 5.85. The van der Waals surface area contributed by atoms with E-state index in [9.17, 15) is 14.7 Å². The molecule has 1 amide bonds. The van der Waals surface area contributed by atoms with Crippen LogP contribution in [0.5, 0.6) is 0 Å². The maximum Gasteiger partial charge on any atom is 1.00 e. The molecular formula is C28H21Cl2FN3NaO4. The summed E-state index contributed by atoms with van der Waals surface area (Å²) in [5, 5.41) is 19.0. The van der Waals surface area contributed by atoms with Gasteiger partial charge in [-0.05, 0) is 42.2 Å². The van der Waals surface area contributed by atoms with Gasteiger partial charge in [0.25, 0.3) is 0 Å². The van der Waals surface area contributed by atoms with Gasteiger partial charge in [-0.1, -0.05) is 65.7 Å². The molecule has 0 saturated heterocycles. The molecule has 1 saturated carbocycles. The topological polar surface area (TPSA) is 96.3 Å². The molecule has 4 aromatic rings. The fraction of sp³-hybridized carbons (Fsp3) is 0.179. The fourth-order valence-corrected chi connectivity index (χ4v) is 4.82. The number of halogens is 3. The number of carboxylic acid groups (broad SMARTS) is 1. The summed E-state index contributed by atoms with van der Waals surface area (Å²) in [6.07, 6.45) is 1.73. The van der Waals surface area contributed by atoms with Crippen LogP contribution in [0.1, 0.15) is 24.0 Å². The van der Waals surface area contributed by atoms with Gasteiger partial charge in [-0.2, -0.15) is 5.10 Å². The minimum Gasteiger partial charge on any atom is -0.549 e. The predicted octanol–water partition coefficient (Wildman–Crippen LogP) is 2.73. The maximum absolute atomic E-state index is 15.4. The number of benzene rings is 3. The summed E-state index contributed by atoms with van der Waals surface area (Å²) in [6.45, 7) is -0.0452. The SMILES string of the molecule is Cn1ncc(-c2cc(Cl)c(-c3ccc(C4(C(=O)[O-])CC4)cc3)cc2F)c1NC(=O)OCc1ccccc1Cl.[Na+]. The van der Waals surface area contributed by atoms with Crippen molar-refractivity contribution in [2.24, 2.45) is 7.05 Å². The molecule has 1 heterocycles. The maximum atomic E-state index is 15.4. The molecule has 0 aliphatic heterocycles. The number of aliphatic carboxylic acids is 1. The Bertz CT molecular complexity index is 1560. The van der Waals surface area contributed by atoms with Crippen LogP contribution in [0.4, 0.5) is 15.0 Å². The average Bonchev–Trinajstić information content (AvgIpc) is 3.65. The number of carbonyl (C=O) groups excluding carboxylic acids is 2. The van der Waals surface area contributed by atoms with Crippen LogP contribution in [-0.2, 0) is 28.6 Å². The van der Waals surface area contributed by atoms with E-state index in [2.05, 4.69) is 10.4 Å². The Hall–Kier alpha value is -2.88. The van der Waals surface area contributed by atoms with Crippen molar-refractivity contribution in [2.45, 2.75) is 24.9 Å². The van der Waals surface area contributed by atoms with Gasteiger partial charge in [0.2, 0.25) is 0 Å². The number of rotatable bonds is 7. The van der Waals surface area contributed by atoms with E-state index in [1.165, 1.54) is 23.0 Å². The summed E-state index contributed by atoms with van der Waals surface area (Å²) >= 11 is 12.7. The van der Waals surface area contributed by atoms with Gasteiger partial charge in [0.15, 0.2) is 0 Å². The fourth-order valence-electron chi connectivity index (χ4n) is 4.35. The second-order valence-electron chi connectivity index (χ2n) is 9.08. The third-order valence-electron chi connectivity index (χ3n) is 6.71. The second-order valence-corrected chi connectivity index (χ2v) is 9.90. The number of carbonyl (C=O) groups is 2. The van der Waals surface area contributed by atoms with E-state index in [4.69, 9.17) is 27.9 Å². The summed E-state index contributed by atoms with van der Waals surface area (Å²) in [5.41, 5.74) is 1.88. The van der Waals surface area contributed by atoms with Crippen LogP contribution >= 0.6 is 23.2 Å². The van der Waals surface area contributed by atoms with Gasteiger partial charge in [-0.3, -0.25) is 10.00 Å². The van der Waals surface area contributed by atoms with Crippen LogP contribution in [-0.4, -0.2) is 21.8 Å². The van der Waals surface area contributed by atoms with Crippen LogP contribution in [0, 0.1) is 5.82 Å². The van der Waals surface area contributed by atoms with Crippen molar-refractivity contribution in [2.75, 3.05) is 5.32 Å². The molecule has 1 aromatic heterocycles. The number of hydrogen-bond donors (Lipinski definition) is 1. The van der Waals surface area contributed by atoms with Gasteiger partial charge in [0.05, 0.1) is 12.2 Å². The first-order chi connectivity index (χ1) is 18.2. The zero-order valence-electron chi connectivity index (χ0n) is 21.1. The number of aryl methyl sites for hydroxylation is 1. The van der Waals surface area contributed by atoms with Crippen LogP contribution < -0.4 is 40.0 Å². The van der Waals surface area contributed by atoms with Crippen molar-refractivity contribution in [3.8, 4) is 22.3 Å². The summed E-state index contributed by atoms with van der Waals surface area (Å²) in [5.74, 6) is -1.45. The molecule has 3 aromatic carbocycles. The summed E-state index contributed by atoms with van der Waals surface area (Å²) in [4.78, 5) is 24.0. The monoisotopic (exact) mass is 575 g/mol. The minimum atomic E-state index is -1.09. The van der Waals surface area contributed by atoms with E-state index in [1.54, 1.807) is 55.6 Å². The Labute approximate surface area is 256 Å². The first-order valence-electron chi connectivity index (χ1n) is 11.7. The molecule has 194 valence electrons. The molecule has 1 fully saturated rings. The Kier molecular flexibility index (Phi) is 8.73. The molecule has 1 N–H and O–H groups in total. The van der Waals surface area contributed by atoms with Crippen molar-refractivity contribution in [1.82, 2.24) is 9.78 Å². The molecule has 0 spiro atoms. The van der Waals surface area contributed by atoms with Gasteiger partial charge in [0.1, 0.15) is 18.2 Å². The normalized spacial score (nSPS) is 13.3. The van der Waals surface area contributed by atoms with E-state index in [0.29, 0.717) is 45.7 Å². The number of ether oxygens (including phenoxy) is 1. The standard InChI is InChI=1S/C28H22Cl2FN3O4.Na/c1-34-25(33-27(37)38-15-17-4-2-3-5-22(17)29)21(14-32-34)20-12-23(30)19(13-24(20)31)16-6-8-18(9-7-16)28(10-11-28)26(35)36;/h2-9,12-14H,10-11,15H2,1H3,(H,33,37)(H,35,36);/q;+1/p-1. The van der Waals surface area contributed by atoms with Crippen molar-refractivity contribution < 1.29 is 53.4 Å². The molecular weight excluding hydrogens is 555 g/mol. The van der Waals surface area contributed by atoms with Gasteiger partial charge in [-0.15, -0.1) is 0 Å². The van der Waals surface area contributed by atoms with Crippen LogP contribution in [0.15, 0.2) is 66.9 Å². The molecule has 0 bridgehead atoms. The second kappa shape index (κ2) is 11.7. The van der Waals surface area contributed by atoms with Crippen molar-refractivity contribution in [1.29, 1.82) is 0 Å². The first-order valence-corrected chi connectivity index (χ1v) is 12.5. The molecule has 39 heavy (non-hydrogen) atoms. The number of nitrogens with one attached hydrogen (secondary N) is 1. The van der Waals surface area contributed by atoms with Crippen molar-refractivity contribution >= 4 is 41.1 Å². The van der Waals surface area contributed by atoms with Crippen LogP contribution in [0.25, 0.3) is 22.3 Å². The number of nitrogens with zero attached hydrogens (tertiary/aromatic N) is 2. The molecule has 0 unspecified atom stereocenters. The smallest absolute Gasteiger partial charge is 0.549 e. The number of amides is 1. The van der Waals surface area contributed by atoms with Crippen molar-refractivity contribution in [3.63, 3.8) is 0 Å². The molecule has 0 atom stereocenters. The van der Waals surface area contributed by atoms with E-state index >= 15 is 4.39 Å². The van der Waals surface area contributed by atoms with Crippen molar-refractivity contribution in [3.05, 3.63) is 93.8 Å². The van der Waals surface area contributed by atoms with E-state index in [0.717, 1.165) is 0 Å². The van der Waals surface area contributed by atoms with E-state index in [-0.39, 0.29) is 52.6 Å². The quantitative estimate of drug-likeness (QED) is 0.342. The zero-order chi connectivity index (χ0) is 27.0. The molecule has 11 heteroatoms. The third-order valence-corrected chi connectivity index (χ3v) is 7.39. The minimum absolute atomic E-state index is 0.